The Bertz CT molecular complexity index is 649. The quantitative estimate of drug-likeness (QED) is 0.866. The van der Waals surface area contributed by atoms with Gasteiger partial charge in [0.15, 0.2) is 6.29 Å². The Morgan fingerprint density at radius 1 is 1.45 bits per heavy atom. The van der Waals surface area contributed by atoms with E-state index in [0.717, 1.165) is 0 Å². The number of hydrogen-bond donors (Lipinski definition) is 1. The van der Waals surface area contributed by atoms with E-state index in [9.17, 15) is 22.8 Å². The second-order valence-corrected chi connectivity index (χ2v) is 4.10. The van der Waals surface area contributed by atoms with Crippen molar-refractivity contribution >= 4 is 23.2 Å². The van der Waals surface area contributed by atoms with Gasteiger partial charge in [-0.2, -0.15) is 13.2 Å². The van der Waals surface area contributed by atoms with E-state index in [4.69, 9.17) is 0 Å². The zero-order valence-electron chi connectivity index (χ0n) is 10.1. The molecule has 0 radical (unpaired) electrons. The van der Waals surface area contributed by atoms with E-state index >= 15 is 0 Å². The molecule has 2 heterocycles. The minimum absolute atomic E-state index is 0.330. The minimum Gasteiger partial charge on any atom is -0.345 e. The van der Waals surface area contributed by atoms with Crippen LogP contribution >= 0.6 is 0 Å². The van der Waals surface area contributed by atoms with Gasteiger partial charge in [-0.3, -0.25) is 9.59 Å². The number of nitrogens with one attached hydrogen (secondary N) is 1. The van der Waals surface area contributed by atoms with Gasteiger partial charge in [-0.1, -0.05) is 0 Å². The molecule has 0 atom stereocenters. The fraction of sp³-hybridized carbons (Fsp3) is 0.250. The number of hydrogen-bond acceptors (Lipinski definition) is 3. The highest BCUT2D eigenvalue weighted by molar-refractivity contribution is 5.96. The molecule has 1 N–H and O–H groups in total. The monoisotopic (exact) mass is 285 g/mol. The van der Waals surface area contributed by atoms with E-state index < -0.39 is 18.6 Å². The van der Waals surface area contributed by atoms with Gasteiger partial charge >= 0.3 is 6.18 Å². The number of halogens is 3. The molecule has 0 aliphatic carbocycles. The molecule has 0 aliphatic heterocycles. The first-order valence-electron chi connectivity index (χ1n) is 5.63. The van der Waals surface area contributed by atoms with Crippen LogP contribution in [-0.4, -0.2) is 34.5 Å². The Morgan fingerprint density at radius 3 is 2.85 bits per heavy atom. The molecular formula is C12H10F3N3O2. The summed E-state index contributed by atoms with van der Waals surface area (Å²) < 4.78 is 37.3. The number of aromatic nitrogens is 2. The first kappa shape index (κ1) is 14.0. The Morgan fingerprint density at radius 2 is 2.20 bits per heavy atom. The fourth-order valence-electron chi connectivity index (χ4n) is 1.77. The number of carbonyl (C=O) groups excluding carboxylic acids is 2. The van der Waals surface area contributed by atoms with Gasteiger partial charge in [0.2, 0.25) is 5.91 Å². The van der Waals surface area contributed by atoms with Gasteiger partial charge in [0.05, 0.1) is 0 Å². The summed E-state index contributed by atoms with van der Waals surface area (Å²) in [5.74, 6) is -0.803. The van der Waals surface area contributed by atoms with Crippen LogP contribution in [-0.2, 0) is 11.3 Å². The summed E-state index contributed by atoms with van der Waals surface area (Å²) in [5, 5.41) is 2.31. The summed E-state index contributed by atoms with van der Waals surface area (Å²) >= 11 is 0. The lowest BCUT2D eigenvalue weighted by atomic mass is 10.2. The average Bonchev–Trinajstić information content (AvgIpc) is 2.74. The molecule has 0 aliphatic rings. The molecule has 0 bridgehead atoms. The third-order valence-corrected chi connectivity index (χ3v) is 2.59. The van der Waals surface area contributed by atoms with Gasteiger partial charge in [-0.15, -0.1) is 0 Å². The number of carbonyl (C=O) groups is 2. The maximum Gasteiger partial charge on any atom is 0.405 e. The van der Waals surface area contributed by atoms with Gasteiger partial charge in [-0.05, 0) is 12.1 Å². The van der Waals surface area contributed by atoms with Gasteiger partial charge in [0, 0.05) is 23.3 Å². The van der Waals surface area contributed by atoms with Crippen molar-refractivity contribution in [3.63, 3.8) is 0 Å². The number of pyridine rings is 1. The van der Waals surface area contributed by atoms with Crippen LogP contribution in [0.15, 0.2) is 24.5 Å². The number of fused-ring (bicyclic) bond motifs is 1. The maximum absolute atomic E-state index is 12.0. The van der Waals surface area contributed by atoms with E-state index in [0.29, 0.717) is 22.9 Å². The Balaban J connectivity index is 2.17. The van der Waals surface area contributed by atoms with Gasteiger partial charge in [-0.25, -0.2) is 4.98 Å². The first-order chi connectivity index (χ1) is 9.40. The molecule has 0 spiro atoms. The lowest BCUT2D eigenvalue weighted by Crippen LogP contribution is -2.35. The van der Waals surface area contributed by atoms with Crippen molar-refractivity contribution in [3.05, 3.63) is 30.1 Å². The number of alkyl halides is 3. The predicted molar refractivity (Wildman–Crippen MR) is 64.2 cm³/mol. The molecule has 0 unspecified atom stereocenters. The van der Waals surface area contributed by atoms with Crippen LogP contribution < -0.4 is 5.32 Å². The van der Waals surface area contributed by atoms with Crippen LogP contribution in [0.1, 0.15) is 10.4 Å². The van der Waals surface area contributed by atoms with Crippen LogP contribution in [0.2, 0.25) is 0 Å². The molecular weight excluding hydrogens is 275 g/mol. The Hall–Kier alpha value is -2.38. The summed E-state index contributed by atoms with van der Waals surface area (Å²) in [6.07, 6.45) is -0.992. The van der Waals surface area contributed by atoms with E-state index in [2.05, 4.69) is 4.98 Å². The highest BCUT2D eigenvalue weighted by atomic mass is 19.4. The number of aldehydes is 1. The minimum atomic E-state index is -4.46. The van der Waals surface area contributed by atoms with Crippen molar-refractivity contribution in [2.24, 2.45) is 0 Å². The lowest BCUT2D eigenvalue weighted by Gasteiger charge is -2.09. The van der Waals surface area contributed by atoms with Crippen molar-refractivity contribution in [1.82, 2.24) is 14.9 Å². The fourth-order valence-corrected chi connectivity index (χ4v) is 1.77. The van der Waals surface area contributed by atoms with Crippen LogP contribution in [0.4, 0.5) is 13.2 Å². The Labute approximate surface area is 111 Å². The predicted octanol–water partition coefficient (Wildman–Crippen LogP) is 1.53. The second-order valence-electron chi connectivity index (χ2n) is 4.10. The SMILES string of the molecule is O=Cc1cn(CC(=O)NCC(F)(F)F)c2ncccc12. The molecule has 8 heteroatoms. The first-order valence-corrected chi connectivity index (χ1v) is 5.63. The molecule has 2 aromatic heterocycles. The van der Waals surface area contributed by atoms with Gasteiger partial charge in [0.25, 0.3) is 0 Å². The molecule has 0 saturated heterocycles. The standard InChI is InChI=1S/C12H10F3N3O2/c13-12(14,15)7-17-10(20)5-18-4-8(6-19)9-2-1-3-16-11(9)18/h1-4,6H,5,7H2,(H,17,20). The van der Waals surface area contributed by atoms with Crippen LogP contribution in [0.5, 0.6) is 0 Å². The van der Waals surface area contributed by atoms with Crippen molar-refractivity contribution in [2.75, 3.05) is 6.54 Å². The molecule has 0 fully saturated rings. The van der Waals surface area contributed by atoms with E-state index in [-0.39, 0.29) is 6.54 Å². The van der Waals surface area contributed by atoms with Crippen LogP contribution in [0.25, 0.3) is 11.0 Å². The molecule has 5 nitrogen and oxygen atoms in total. The highest BCUT2D eigenvalue weighted by Crippen LogP contribution is 2.17. The lowest BCUT2D eigenvalue weighted by molar-refractivity contribution is -0.138. The molecule has 0 saturated carbocycles. The summed E-state index contributed by atoms with van der Waals surface area (Å²) in [7, 11) is 0. The van der Waals surface area contributed by atoms with E-state index in [1.54, 1.807) is 17.4 Å². The molecule has 2 rings (SSSR count). The summed E-state index contributed by atoms with van der Waals surface area (Å²) in [4.78, 5) is 26.4. The molecule has 1 amide bonds. The third-order valence-electron chi connectivity index (χ3n) is 2.59. The van der Waals surface area contributed by atoms with E-state index in [1.807, 2.05) is 0 Å². The van der Waals surface area contributed by atoms with Crippen molar-refractivity contribution in [2.45, 2.75) is 12.7 Å². The van der Waals surface area contributed by atoms with E-state index in [1.165, 1.54) is 17.0 Å². The van der Waals surface area contributed by atoms with Crippen LogP contribution in [0.3, 0.4) is 0 Å². The van der Waals surface area contributed by atoms with Crippen LogP contribution in [0, 0.1) is 0 Å². The largest absolute Gasteiger partial charge is 0.405 e. The smallest absolute Gasteiger partial charge is 0.345 e. The average molecular weight is 285 g/mol. The number of nitrogens with zero attached hydrogens (tertiary/aromatic N) is 2. The van der Waals surface area contributed by atoms with Crippen molar-refractivity contribution in [3.8, 4) is 0 Å². The molecule has 106 valence electrons. The molecule has 20 heavy (non-hydrogen) atoms. The summed E-state index contributed by atoms with van der Waals surface area (Å²) in [6, 6.07) is 3.28. The summed E-state index contributed by atoms with van der Waals surface area (Å²) in [5.41, 5.74) is 0.702. The molecule has 2 aromatic rings. The topological polar surface area (TPSA) is 64.0 Å². The number of rotatable bonds is 4. The zero-order chi connectivity index (χ0) is 14.8. The highest BCUT2D eigenvalue weighted by Gasteiger charge is 2.27. The van der Waals surface area contributed by atoms with Crippen molar-refractivity contribution in [1.29, 1.82) is 0 Å². The number of amides is 1. The van der Waals surface area contributed by atoms with Crippen molar-refractivity contribution < 1.29 is 22.8 Å². The van der Waals surface area contributed by atoms with Gasteiger partial charge < -0.3 is 9.88 Å². The normalized spacial score (nSPS) is 11.6. The maximum atomic E-state index is 12.0. The Kier molecular flexibility index (Phi) is 3.73. The van der Waals surface area contributed by atoms with Gasteiger partial charge in [0.1, 0.15) is 18.7 Å². The third kappa shape index (κ3) is 3.14. The zero-order valence-corrected chi connectivity index (χ0v) is 10.1. The summed E-state index contributed by atoms with van der Waals surface area (Å²) in [6.45, 7) is -1.73. The molecule has 0 aromatic carbocycles. The second kappa shape index (κ2) is 5.32.